The maximum Gasteiger partial charge on any atom is 0.207 e. The summed E-state index contributed by atoms with van der Waals surface area (Å²) < 4.78 is 0. The van der Waals surface area contributed by atoms with Crippen LogP contribution < -0.4 is 5.32 Å². The quantitative estimate of drug-likeness (QED) is 0.559. The minimum absolute atomic E-state index is 0.512. The summed E-state index contributed by atoms with van der Waals surface area (Å²) in [6.07, 6.45) is 4.42. The smallest absolute Gasteiger partial charge is 0.207 e. The predicted octanol–water partition coefficient (Wildman–Crippen LogP) is 1.31. The molecule has 1 aliphatic rings. The van der Waals surface area contributed by atoms with Gasteiger partial charge in [-0.05, 0) is 19.3 Å². The van der Waals surface area contributed by atoms with Crippen molar-refractivity contribution < 1.29 is 4.79 Å². The Balaban J connectivity index is 0.000000291. The third-order valence-corrected chi connectivity index (χ3v) is 1.41. The molecule has 1 saturated carbocycles. The molecule has 0 bridgehead atoms. The molecule has 1 rings (SSSR count). The van der Waals surface area contributed by atoms with E-state index in [2.05, 4.69) is 5.32 Å². The summed E-state index contributed by atoms with van der Waals surface area (Å²) in [5, 5.41) is 2.70. The van der Waals surface area contributed by atoms with Crippen LogP contribution in [-0.2, 0) is 4.79 Å². The van der Waals surface area contributed by atoms with E-state index in [1.54, 1.807) is 0 Å². The van der Waals surface area contributed by atoms with Crippen LogP contribution in [0.2, 0.25) is 0 Å². The first kappa shape index (κ1) is 8.47. The second-order valence-electron chi connectivity index (χ2n) is 1.91. The zero-order valence-electron chi connectivity index (χ0n) is 6.18. The minimum Gasteiger partial charge on any atom is -0.356 e. The first-order valence-corrected chi connectivity index (χ1v) is 3.63. The summed E-state index contributed by atoms with van der Waals surface area (Å²) in [6, 6.07) is 0.512. The number of amides is 1. The van der Waals surface area contributed by atoms with Gasteiger partial charge in [-0.2, -0.15) is 0 Å². The van der Waals surface area contributed by atoms with Crippen molar-refractivity contribution >= 4 is 6.41 Å². The average Bonchev–Trinajstić information content (AvgIpc) is 1.84. The molecule has 0 aromatic rings. The molecule has 1 fully saturated rings. The van der Waals surface area contributed by atoms with Crippen LogP contribution >= 0.6 is 0 Å². The highest BCUT2D eigenvalue weighted by molar-refractivity contribution is 5.46. The van der Waals surface area contributed by atoms with Gasteiger partial charge in [0.15, 0.2) is 0 Å². The predicted molar refractivity (Wildman–Crippen MR) is 38.2 cm³/mol. The average molecular weight is 129 g/mol. The highest BCUT2D eigenvalue weighted by Gasteiger charge is 2.14. The monoisotopic (exact) mass is 129 g/mol. The third-order valence-electron chi connectivity index (χ3n) is 1.41. The Labute approximate surface area is 56.6 Å². The van der Waals surface area contributed by atoms with Gasteiger partial charge < -0.3 is 5.32 Å². The standard InChI is InChI=1S/C5H9NO.C2H6/c7-4-6-5-2-1-3-5;1-2/h4-5H,1-3H2,(H,6,7);1-2H3. The van der Waals surface area contributed by atoms with Crippen molar-refractivity contribution in [2.24, 2.45) is 0 Å². The van der Waals surface area contributed by atoms with Gasteiger partial charge in [-0.15, -0.1) is 0 Å². The van der Waals surface area contributed by atoms with Gasteiger partial charge in [0.25, 0.3) is 0 Å². The van der Waals surface area contributed by atoms with Crippen LogP contribution in [0, 0.1) is 0 Å². The van der Waals surface area contributed by atoms with Crippen LogP contribution in [0.3, 0.4) is 0 Å². The summed E-state index contributed by atoms with van der Waals surface area (Å²) in [5.41, 5.74) is 0. The number of hydrogen-bond donors (Lipinski definition) is 1. The van der Waals surface area contributed by atoms with Gasteiger partial charge in [-0.1, -0.05) is 13.8 Å². The van der Waals surface area contributed by atoms with Crippen molar-refractivity contribution in [2.75, 3.05) is 0 Å². The summed E-state index contributed by atoms with van der Waals surface area (Å²) >= 11 is 0. The van der Waals surface area contributed by atoms with E-state index in [-0.39, 0.29) is 0 Å². The summed E-state index contributed by atoms with van der Waals surface area (Å²) in [5.74, 6) is 0. The van der Waals surface area contributed by atoms with Crippen molar-refractivity contribution in [1.29, 1.82) is 0 Å². The van der Waals surface area contributed by atoms with Crippen molar-refractivity contribution in [3.8, 4) is 0 Å². The summed E-state index contributed by atoms with van der Waals surface area (Å²) in [7, 11) is 0. The third kappa shape index (κ3) is 3.12. The molecule has 0 aromatic carbocycles. The van der Waals surface area contributed by atoms with E-state index >= 15 is 0 Å². The highest BCUT2D eigenvalue weighted by atomic mass is 16.1. The lowest BCUT2D eigenvalue weighted by Gasteiger charge is -2.23. The van der Waals surface area contributed by atoms with E-state index in [1.165, 1.54) is 19.3 Å². The molecule has 2 heteroatoms. The second kappa shape index (κ2) is 5.60. The van der Waals surface area contributed by atoms with Crippen LogP contribution in [0.5, 0.6) is 0 Å². The fourth-order valence-corrected chi connectivity index (χ4v) is 0.671. The number of carbonyl (C=O) groups is 1. The van der Waals surface area contributed by atoms with Crippen LogP contribution in [-0.4, -0.2) is 12.5 Å². The van der Waals surface area contributed by atoms with Gasteiger partial charge in [0.05, 0.1) is 0 Å². The maximum atomic E-state index is 9.70. The fourth-order valence-electron chi connectivity index (χ4n) is 0.671. The van der Waals surface area contributed by atoms with Gasteiger partial charge in [-0.25, -0.2) is 0 Å². The van der Waals surface area contributed by atoms with E-state index in [1.807, 2.05) is 13.8 Å². The minimum atomic E-state index is 0.512. The van der Waals surface area contributed by atoms with E-state index in [4.69, 9.17) is 0 Å². The van der Waals surface area contributed by atoms with Gasteiger partial charge in [-0.3, -0.25) is 4.79 Å². The van der Waals surface area contributed by atoms with Crippen LogP contribution in [0.15, 0.2) is 0 Å². The zero-order valence-corrected chi connectivity index (χ0v) is 6.18. The molecule has 9 heavy (non-hydrogen) atoms. The van der Waals surface area contributed by atoms with Crippen molar-refractivity contribution in [3.05, 3.63) is 0 Å². The molecule has 0 heterocycles. The van der Waals surface area contributed by atoms with E-state index in [0.29, 0.717) is 6.04 Å². The number of nitrogens with one attached hydrogen (secondary N) is 1. The van der Waals surface area contributed by atoms with Gasteiger partial charge >= 0.3 is 0 Å². The van der Waals surface area contributed by atoms with Crippen LogP contribution in [0.4, 0.5) is 0 Å². The molecule has 1 N–H and O–H groups in total. The van der Waals surface area contributed by atoms with Gasteiger partial charge in [0, 0.05) is 6.04 Å². The lowest BCUT2D eigenvalue weighted by atomic mass is 9.94. The SMILES string of the molecule is CC.O=CNC1CCC1. The van der Waals surface area contributed by atoms with Crippen molar-refractivity contribution in [1.82, 2.24) is 5.32 Å². The van der Waals surface area contributed by atoms with Gasteiger partial charge in [0.2, 0.25) is 6.41 Å². The number of hydrogen-bond acceptors (Lipinski definition) is 1. The van der Waals surface area contributed by atoms with E-state index in [9.17, 15) is 4.79 Å². The normalized spacial score (nSPS) is 16.7. The molecule has 54 valence electrons. The topological polar surface area (TPSA) is 29.1 Å². The lowest BCUT2D eigenvalue weighted by molar-refractivity contribution is -0.110. The fraction of sp³-hybridized carbons (Fsp3) is 0.857. The van der Waals surface area contributed by atoms with E-state index in [0.717, 1.165) is 6.41 Å². The Bertz CT molecular complexity index is 69.3. The van der Waals surface area contributed by atoms with Crippen molar-refractivity contribution in [3.63, 3.8) is 0 Å². The molecule has 0 spiro atoms. The molecule has 2 nitrogen and oxygen atoms in total. The second-order valence-corrected chi connectivity index (χ2v) is 1.91. The van der Waals surface area contributed by atoms with Crippen LogP contribution in [0.25, 0.3) is 0 Å². The molecule has 0 saturated heterocycles. The molecule has 0 unspecified atom stereocenters. The number of carbonyl (C=O) groups excluding carboxylic acids is 1. The summed E-state index contributed by atoms with van der Waals surface area (Å²) in [6.45, 7) is 4.00. The van der Waals surface area contributed by atoms with Crippen LogP contribution in [0.1, 0.15) is 33.1 Å². The molecule has 1 aliphatic carbocycles. The van der Waals surface area contributed by atoms with Gasteiger partial charge in [0.1, 0.15) is 0 Å². The Morgan fingerprint density at radius 1 is 1.44 bits per heavy atom. The number of rotatable bonds is 2. The molecule has 0 aromatic heterocycles. The Hall–Kier alpha value is -0.530. The largest absolute Gasteiger partial charge is 0.356 e. The van der Waals surface area contributed by atoms with E-state index < -0.39 is 0 Å². The first-order chi connectivity index (χ1) is 4.43. The lowest BCUT2D eigenvalue weighted by Crippen LogP contribution is -2.33. The molecule has 1 amide bonds. The molecule has 0 aliphatic heterocycles. The Morgan fingerprint density at radius 2 is 2.00 bits per heavy atom. The molecule has 0 atom stereocenters. The zero-order chi connectivity index (χ0) is 7.11. The molecule has 0 radical (unpaired) electrons. The highest BCUT2D eigenvalue weighted by Crippen LogP contribution is 2.16. The summed E-state index contributed by atoms with van der Waals surface area (Å²) in [4.78, 5) is 9.70. The molecular weight excluding hydrogens is 114 g/mol. The first-order valence-electron chi connectivity index (χ1n) is 3.63. The van der Waals surface area contributed by atoms with Crippen molar-refractivity contribution in [2.45, 2.75) is 39.2 Å². The Kier molecular flexibility index (Phi) is 5.27. The maximum absolute atomic E-state index is 9.70. The molecular formula is C7H15NO. The Morgan fingerprint density at radius 3 is 2.11 bits per heavy atom.